The van der Waals surface area contributed by atoms with Gasteiger partial charge in [0.25, 0.3) is 0 Å². The van der Waals surface area contributed by atoms with Crippen molar-refractivity contribution in [2.75, 3.05) is 66.5 Å². The van der Waals surface area contributed by atoms with Crippen LogP contribution in [0, 0.1) is 0 Å². The molecule has 0 radical (unpaired) electrons. The molecule has 152 valence electrons. The molecule has 3 N–H and O–H groups in total. The van der Waals surface area contributed by atoms with Crippen LogP contribution in [0.3, 0.4) is 0 Å². The monoisotopic (exact) mass is 370 g/mol. The third-order valence-electron chi connectivity index (χ3n) is 4.07. The second kappa shape index (κ2) is 12.0. The van der Waals surface area contributed by atoms with Crippen LogP contribution in [0.15, 0.2) is 4.99 Å². The minimum absolute atomic E-state index is 0.372. The minimum Gasteiger partial charge on any atom is -0.444 e. The molecule has 1 aliphatic heterocycles. The first-order valence-corrected chi connectivity index (χ1v) is 9.62. The summed E-state index contributed by atoms with van der Waals surface area (Å²) < 4.78 is 5.20. The zero-order chi connectivity index (χ0) is 19.4. The normalized spacial score (nSPS) is 17.5. The van der Waals surface area contributed by atoms with Gasteiger partial charge in [-0.1, -0.05) is 0 Å². The molecule has 1 aliphatic rings. The number of rotatable bonds is 7. The van der Waals surface area contributed by atoms with Crippen molar-refractivity contribution in [1.82, 2.24) is 25.8 Å². The molecule has 1 saturated heterocycles. The Balaban J connectivity index is 2.09. The van der Waals surface area contributed by atoms with Crippen molar-refractivity contribution in [2.24, 2.45) is 4.99 Å². The summed E-state index contributed by atoms with van der Waals surface area (Å²) in [5, 5.41) is 9.37. The maximum atomic E-state index is 11.6. The first-order valence-electron chi connectivity index (χ1n) is 9.62. The molecule has 0 aromatic rings. The number of nitrogens with one attached hydrogen (secondary N) is 3. The summed E-state index contributed by atoms with van der Waals surface area (Å²) in [5.74, 6) is 0.800. The van der Waals surface area contributed by atoms with Crippen LogP contribution in [0.2, 0.25) is 0 Å². The highest BCUT2D eigenvalue weighted by Crippen LogP contribution is 2.06. The Labute approximate surface area is 158 Å². The number of hydrogen-bond acceptors (Lipinski definition) is 5. The number of guanidine groups is 1. The maximum absolute atomic E-state index is 11.6. The van der Waals surface area contributed by atoms with Crippen LogP contribution in [-0.2, 0) is 4.74 Å². The number of likely N-dealkylation sites (N-methyl/N-ethyl adjacent to an activating group) is 1. The van der Waals surface area contributed by atoms with Gasteiger partial charge in [0.15, 0.2) is 5.96 Å². The first kappa shape index (κ1) is 22.5. The quantitative estimate of drug-likeness (QED) is 0.348. The van der Waals surface area contributed by atoms with Crippen LogP contribution < -0.4 is 16.0 Å². The summed E-state index contributed by atoms with van der Waals surface area (Å²) in [7, 11) is 3.96. The van der Waals surface area contributed by atoms with Gasteiger partial charge >= 0.3 is 6.09 Å². The number of carbonyl (C=O) groups is 1. The molecule has 0 saturated carbocycles. The van der Waals surface area contributed by atoms with Crippen molar-refractivity contribution < 1.29 is 9.53 Å². The molecule has 0 aliphatic carbocycles. The molecular formula is C18H38N6O2. The zero-order valence-electron chi connectivity index (χ0n) is 17.2. The average molecular weight is 371 g/mol. The third-order valence-corrected chi connectivity index (χ3v) is 4.07. The molecule has 26 heavy (non-hydrogen) atoms. The van der Waals surface area contributed by atoms with Crippen LogP contribution in [0.25, 0.3) is 0 Å². The molecule has 0 bridgehead atoms. The topological polar surface area (TPSA) is 81.2 Å². The summed E-state index contributed by atoms with van der Waals surface area (Å²) in [6.07, 6.45) is 1.66. The van der Waals surface area contributed by atoms with Gasteiger partial charge in [0, 0.05) is 46.3 Å². The highest BCUT2D eigenvalue weighted by atomic mass is 16.6. The molecule has 8 heteroatoms. The largest absolute Gasteiger partial charge is 0.444 e. The Kier molecular flexibility index (Phi) is 10.3. The van der Waals surface area contributed by atoms with E-state index in [9.17, 15) is 4.79 Å². The summed E-state index contributed by atoms with van der Waals surface area (Å²) in [4.78, 5) is 20.7. The van der Waals surface area contributed by atoms with Crippen molar-refractivity contribution in [1.29, 1.82) is 0 Å². The predicted octanol–water partition coefficient (Wildman–Crippen LogP) is 0.704. The van der Waals surface area contributed by atoms with Gasteiger partial charge in [-0.25, -0.2) is 4.79 Å². The summed E-state index contributed by atoms with van der Waals surface area (Å²) >= 11 is 0. The van der Waals surface area contributed by atoms with Crippen LogP contribution in [0.5, 0.6) is 0 Å². The minimum atomic E-state index is -0.461. The van der Waals surface area contributed by atoms with Crippen molar-refractivity contribution in [3.05, 3.63) is 0 Å². The molecule has 0 atom stereocenters. The maximum Gasteiger partial charge on any atom is 0.407 e. The van der Waals surface area contributed by atoms with Crippen LogP contribution in [-0.4, -0.2) is 93.9 Å². The van der Waals surface area contributed by atoms with Gasteiger partial charge in [-0.3, -0.25) is 4.99 Å². The first-order chi connectivity index (χ1) is 12.3. The van der Waals surface area contributed by atoms with Gasteiger partial charge in [-0.15, -0.1) is 0 Å². The van der Waals surface area contributed by atoms with Crippen LogP contribution >= 0.6 is 0 Å². The van der Waals surface area contributed by atoms with E-state index < -0.39 is 5.60 Å². The lowest BCUT2D eigenvalue weighted by Gasteiger charge is -2.21. The Hall–Kier alpha value is -1.54. The SMILES string of the molecule is CN=C(NCCCNC(=O)OC(C)(C)C)NCCN1CCCN(C)CC1. The summed E-state index contributed by atoms with van der Waals surface area (Å²) in [5.41, 5.74) is -0.461. The molecule has 8 nitrogen and oxygen atoms in total. The van der Waals surface area contributed by atoms with Gasteiger partial charge in [-0.2, -0.15) is 0 Å². The summed E-state index contributed by atoms with van der Waals surface area (Å²) in [6.45, 7) is 13.4. The smallest absolute Gasteiger partial charge is 0.407 e. The van der Waals surface area contributed by atoms with E-state index in [0.717, 1.165) is 51.6 Å². The lowest BCUT2D eigenvalue weighted by Crippen LogP contribution is -2.43. The van der Waals surface area contributed by atoms with E-state index in [-0.39, 0.29) is 6.09 Å². The molecule has 1 heterocycles. The van der Waals surface area contributed by atoms with E-state index >= 15 is 0 Å². The summed E-state index contributed by atoms with van der Waals surface area (Å²) in [6, 6.07) is 0. The van der Waals surface area contributed by atoms with Crippen LogP contribution in [0.1, 0.15) is 33.6 Å². The highest BCUT2D eigenvalue weighted by Gasteiger charge is 2.15. The van der Waals surface area contributed by atoms with Crippen molar-refractivity contribution >= 4 is 12.1 Å². The second-order valence-corrected chi connectivity index (χ2v) is 7.71. The number of carbonyl (C=O) groups excluding carboxylic acids is 1. The molecule has 1 rings (SSSR count). The standard InChI is InChI=1S/C18H38N6O2/c1-18(2,3)26-17(25)22-9-6-8-20-16(19-4)21-10-13-24-12-7-11-23(5)14-15-24/h6-15H2,1-5H3,(H,22,25)(H2,19,20,21). The Morgan fingerprint density at radius 2 is 1.73 bits per heavy atom. The number of ether oxygens (including phenoxy) is 1. The number of amides is 1. The Bertz CT molecular complexity index is 436. The molecular weight excluding hydrogens is 332 g/mol. The lowest BCUT2D eigenvalue weighted by molar-refractivity contribution is 0.0527. The average Bonchev–Trinajstić information content (AvgIpc) is 2.75. The molecule has 0 unspecified atom stereocenters. The van der Waals surface area contributed by atoms with Gasteiger partial charge in [0.1, 0.15) is 5.60 Å². The number of hydrogen-bond donors (Lipinski definition) is 3. The van der Waals surface area contributed by atoms with E-state index in [4.69, 9.17) is 4.74 Å². The third kappa shape index (κ3) is 11.1. The second-order valence-electron chi connectivity index (χ2n) is 7.71. The Morgan fingerprint density at radius 1 is 1.04 bits per heavy atom. The molecule has 0 aromatic carbocycles. The van der Waals surface area contributed by atoms with E-state index in [0.29, 0.717) is 6.54 Å². The molecule has 1 amide bonds. The Morgan fingerprint density at radius 3 is 2.42 bits per heavy atom. The van der Waals surface area contributed by atoms with Gasteiger partial charge < -0.3 is 30.5 Å². The fraction of sp³-hybridized carbons (Fsp3) is 0.889. The van der Waals surface area contributed by atoms with Crippen LogP contribution in [0.4, 0.5) is 4.79 Å². The van der Waals surface area contributed by atoms with Gasteiger partial charge in [0.05, 0.1) is 0 Å². The van der Waals surface area contributed by atoms with E-state index in [2.05, 4.69) is 37.8 Å². The van der Waals surface area contributed by atoms with Crippen molar-refractivity contribution in [2.45, 2.75) is 39.2 Å². The lowest BCUT2D eigenvalue weighted by atomic mass is 10.2. The van der Waals surface area contributed by atoms with Crippen molar-refractivity contribution in [3.63, 3.8) is 0 Å². The van der Waals surface area contributed by atoms with E-state index in [1.807, 2.05) is 20.8 Å². The molecule has 1 fully saturated rings. The van der Waals surface area contributed by atoms with Gasteiger partial charge in [-0.05, 0) is 53.8 Å². The van der Waals surface area contributed by atoms with Crippen molar-refractivity contribution in [3.8, 4) is 0 Å². The number of nitrogens with zero attached hydrogens (tertiary/aromatic N) is 3. The number of aliphatic imine (C=N–C) groups is 1. The van der Waals surface area contributed by atoms with E-state index in [1.165, 1.54) is 13.0 Å². The molecule has 0 aromatic heterocycles. The van der Waals surface area contributed by atoms with Gasteiger partial charge in [0.2, 0.25) is 0 Å². The fourth-order valence-electron chi connectivity index (χ4n) is 2.68. The fourth-order valence-corrected chi connectivity index (χ4v) is 2.68. The van der Waals surface area contributed by atoms with E-state index in [1.54, 1.807) is 7.05 Å². The predicted molar refractivity (Wildman–Crippen MR) is 107 cm³/mol. The highest BCUT2D eigenvalue weighted by molar-refractivity contribution is 5.79. The zero-order valence-corrected chi connectivity index (χ0v) is 17.2. The number of alkyl carbamates (subject to hydrolysis) is 1. The molecule has 0 spiro atoms.